The van der Waals surface area contributed by atoms with Crippen LogP contribution in [0, 0.1) is 5.92 Å². The summed E-state index contributed by atoms with van der Waals surface area (Å²) < 4.78 is 5.71. The van der Waals surface area contributed by atoms with E-state index in [1.807, 2.05) is 29.2 Å². The number of benzene rings is 1. The molecule has 1 aromatic rings. The number of ether oxygens (including phenoxy) is 1. The number of hydrogen-bond acceptors (Lipinski definition) is 5. The lowest BCUT2D eigenvalue weighted by Crippen LogP contribution is -2.45. The Bertz CT molecular complexity index is 716. The molecule has 26 heavy (non-hydrogen) atoms. The smallest absolute Gasteiger partial charge is 0.277 e. The predicted molar refractivity (Wildman–Crippen MR) is 101 cm³/mol. The van der Waals surface area contributed by atoms with E-state index in [1.165, 1.54) is 4.90 Å². The number of imide groups is 1. The number of carbonyl (C=O) groups is 2. The van der Waals surface area contributed by atoms with Crippen LogP contribution in [0.25, 0.3) is 5.57 Å². The summed E-state index contributed by atoms with van der Waals surface area (Å²) in [6, 6.07) is 7.46. The van der Waals surface area contributed by atoms with E-state index >= 15 is 0 Å². The molecular weight excluding hydrogens is 330 g/mol. The molecule has 1 aromatic carbocycles. The molecule has 6 heteroatoms. The third-order valence-corrected chi connectivity index (χ3v) is 4.81. The van der Waals surface area contributed by atoms with Gasteiger partial charge in [-0.05, 0) is 30.7 Å². The minimum absolute atomic E-state index is 0.213. The summed E-state index contributed by atoms with van der Waals surface area (Å²) in [5.74, 6) is 0.771. The summed E-state index contributed by atoms with van der Waals surface area (Å²) in [6.07, 6.45) is 0. The van der Waals surface area contributed by atoms with Gasteiger partial charge >= 0.3 is 0 Å². The molecule has 0 radical (unpaired) electrons. The molecule has 2 aliphatic heterocycles. The summed E-state index contributed by atoms with van der Waals surface area (Å²) in [6.45, 7) is 8.10. The molecule has 0 aromatic heterocycles. The zero-order chi connectivity index (χ0) is 18.8. The van der Waals surface area contributed by atoms with Crippen molar-refractivity contribution in [2.45, 2.75) is 13.8 Å². The number of likely N-dealkylation sites (N-methyl/N-ethyl adjacent to an activating group) is 2. The Morgan fingerprint density at radius 1 is 0.962 bits per heavy atom. The van der Waals surface area contributed by atoms with Gasteiger partial charge < -0.3 is 14.5 Å². The van der Waals surface area contributed by atoms with Gasteiger partial charge in [0.25, 0.3) is 11.8 Å². The van der Waals surface area contributed by atoms with Crippen LogP contribution in [0.3, 0.4) is 0 Å². The fourth-order valence-electron chi connectivity index (χ4n) is 3.19. The van der Waals surface area contributed by atoms with Crippen LogP contribution in [0.4, 0.5) is 0 Å². The van der Waals surface area contributed by atoms with Crippen LogP contribution in [0.1, 0.15) is 19.4 Å². The zero-order valence-electron chi connectivity index (χ0n) is 16.0. The molecule has 140 valence electrons. The molecule has 1 saturated heterocycles. The van der Waals surface area contributed by atoms with Crippen LogP contribution in [-0.2, 0) is 9.59 Å². The maximum atomic E-state index is 12.7. The van der Waals surface area contributed by atoms with Gasteiger partial charge in [0.2, 0.25) is 0 Å². The Kier molecular flexibility index (Phi) is 5.32. The van der Waals surface area contributed by atoms with E-state index in [-0.39, 0.29) is 11.8 Å². The maximum absolute atomic E-state index is 12.7. The number of carbonyl (C=O) groups excluding carboxylic acids is 2. The molecule has 0 N–H and O–H groups in total. The fraction of sp³-hybridized carbons (Fsp3) is 0.500. The highest BCUT2D eigenvalue weighted by Crippen LogP contribution is 2.32. The molecule has 0 aliphatic carbocycles. The monoisotopic (exact) mass is 357 g/mol. The van der Waals surface area contributed by atoms with Crippen LogP contribution in [-0.4, -0.2) is 73.4 Å². The normalized spacial score (nSPS) is 19.1. The largest absolute Gasteiger partial charge is 0.493 e. The maximum Gasteiger partial charge on any atom is 0.277 e. The Hall–Kier alpha value is -2.34. The summed E-state index contributed by atoms with van der Waals surface area (Å²) in [4.78, 5) is 30.9. The SMILES string of the molecule is CC(C)COc1ccc(C2=C(N3CCN(C)CC3)C(=O)N(C)C2=O)cc1. The molecular formula is C20H27N3O3. The zero-order valence-corrected chi connectivity index (χ0v) is 16.0. The second-order valence-corrected chi connectivity index (χ2v) is 7.41. The van der Waals surface area contributed by atoms with Crippen molar-refractivity contribution < 1.29 is 14.3 Å². The van der Waals surface area contributed by atoms with E-state index in [2.05, 4.69) is 25.8 Å². The van der Waals surface area contributed by atoms with Crippen LogP contribution in [0.15, 0.2) is 30.0 Å². The predicted octanol–water partition coefficient (Wildman–Crippen LogP) is 1.68. The van der Waals surface area contributed by atoms with Gasteiger partial charge in [-0.1, -0.05) is 26.0 Å². The first-order valence-electron chi connectivity index (χ1n) is 9.12. The second-order valence-electron chi connectivity index (χ2n) is 7.41. The first-order valence-corrected chi connectivity index (χ1v) is 9.12. The van der Waals surface area contributed by atoms with Crippen molar-refractivity contribution in [2.24, 2.45) is 5.92 Å². The third-order valence-electron chi connectivity index (χ3n) is 4.81. The van der Waals surface area contributed by atoms with Gasteiger partial charge in [0.05, 0.1) is 12.2 Å². The minimum Gasteiger partial charge on any atom is -0.493 e. The lowest BCUT2D eigenvalue weighted by molar-refractivity contribution is -0.136. The highest BCUT2D eigenvalue weighted by Gasteiger charge is 2.39. The van der Waals surface area contributed by atoms with Gasteiger partial charge in [0.15, 0.2) is 0 Å². The number of amides is 2. The van der Waals surface area contributed by atoms with E-state index in [1.54, 1.807) is 7.05 Å². The Morgan fingerprint density at radius 3 is 2.15 bits per heavy atom. The first-order chi connectivity index (χ1) is 12.4. The van der Waals surface area contributed by atoms with Gasteiger partial charge in [0.1, 0.15) is 11.4 Å². The third kappa shape index (κ3) is 3.60. The topological polar surface area (TPSA) is 53.1 Å². The summed E-state index contributed by atoms with van der Waals surface area (Å²) in [5, 5.41) is 0. The molecule has 0 atom stereocenters. The van der Waals surface area contributed by atoms with Gasteiger partial charge in [-0.25, -0.2) is 0 Å². The lowest BCUT2D eigenvalue weighted by atomic mass is 10.0. The van der Waals surface area contributed by atoms with E-state index < -0.39 is 0 Å². The first kappa shape index (κ1) is 18.5. The van der Waals surface area contributed by atoms with E-state index in [0.717, 1.165) is 37.5 Å². The Balaban J connectivity index is 1.90. The molecule has 2 amide bonds. The average molecular weight is 357 g/mol. The molecule has 2 aliphatic rings. The number of rotatable bonds is 5. The molecule has 0 bridgehead atoms. The van der Waals surface area contributed by atoms with Gasteiger partial charge in [0, 0.05) is 33.2 Å². The van der Waals surface area contributed by atoms with Crippen LogP contribution in [0.5, 0.6) is 5.75 Å². The minimum atomic E-state index is -0.236. The fourth-order valence-corrected chi connectivity index (χ4v) is 3.19. The van der Waals surface area contributed by atoms with Crippen molar-refractivity contribution in [1.29, 1.82) is 0 Å². The van der Waals surface area contributed by atoms with Crippen molar-refractivity contribution in [2.75, 3.05) is 46.9 Å². The van der Waals surface area contributed by atoms with Crippen molar-refractivity contribution in [1.82, 2.24) is 14.7 Å². The molecule has 0 unspecified atom stereocenters. The number of hydrogen-bond donors (Lipinski definition) is 0. The highest BCUT2D eigenvalue weighted by molar-refractivity contribution is 6.35. The van der Waals surface area contributed by atoms with Crippen molar-refractivity contribution in [3.05, 3.63) is 35.5 Å². The van der Waals surface area contributed by atoms with E-state index in [4.69, 9.17) is 4.74 Å². The molecule has 2 heterocycles. The van der Waals surface area contributed by atoms with Gasteiger partial charge in [-0.2, -0.15) is 0 Å². The van der Waals surface area contributed by atoms with Crippen LogP contribution >= 0.6 is 0 Å². The molecule has 3 rings (SSSR count). The van der Waals surface area contributed by atoms with Crippen molar-refractivity contribution in [3.63, 3.8) is 0 Å². The summed E-state index contributed by atoms with van der Waals surface area (Å²) in [7, 11) is 3.62. The average Bonchev–Trinajstić information content (AvgIpc) is 2.85. The highest BCUT2D eigenvalue weighted by atomic mass is 16.5. The van der Waals surface area contributed by atoms with Crippen molar-refractivity contribution >= 4 is 17.4 Å². The van der Waals surface area contributed by atoms with Crippen molar-refractivity contribution in [3.8, 4) is 5.75 Å². The van der Waals surface area contributed by atoms with Gasteiger partial charge in [-0.3, -0.25) is 14.5 Å². The molecule has 0 saturated carbocycles. The van der Waals surface area contributed by atoms with E-state index in [0.29, 0.717) is 23.8 Å². The number of nitrogens with zero attached hydrogens (tertiary/aromatic N) is 3. The summed E-state index contributed by atoms with van der Waals surface area (Å²) in [5.41, 5.74) is 1.79. The molecule has 6 nitrogen and oxygen atoms in total. The molecule has 0 spiro atoms. The number of piperazine rings is 1. The second kappa shape index (κ2) is 7.50. The van der Waals surface area contributed by atoms with E-state index in [9.17, 15) is 9.59 Å². The molecule has 1 fully saturated rings. The standard InChI is InChI=1S/C20H27N3O3/c1-14(2)13-26-16-7-5-15(6-8-16)17-18(20(25)22(4)19(17)24)23-11-9-21(3)10-12-23/h5-8,14H,9-13H2,1-4H3. The Labute approximate surface area is 155 Å². The van der Waals surface area contributed by atoms with Crippen LogP contribution in [0.2, 0.25) is 0 Å². The van der Waals surface area contributed by atoms with Crippen LogP contribution < -0.4 is 4.74 Å². The van der Waals surface area contributed by atoms with Gasteiger partial charge in [-0.15, -0.1) is 0 Å². The summed E-state index contributed by atoms with van der Waals surface area (Å²) >= 11 is 0. The quantitative estimate of drug-likeness (QED) is 0.751. The Morgan fingerprint density at radius 2 is 1.58 bits per heavy atom. The lowest BCUT2D eigenvalue weighted by Gasteiger charge is -2.34.